The van der Waals surface area contributed by atoms with E-state index in [2.05, 4.69) is 46.8 Å². The molecule has 1 aromatic heterocycles. The average molecular weight is 245 g/mol. The van der Waals surface area contributed by atoms with Gasteiger partial charge in [-0.25, -0.2) is 0 Å². The van der Waals surface area contributed by atoms with E-state index in [1.807, 2.05) is 0 Å². The highest BCUT2D eigenvalue weighted by Gasteiger charge is 2.14. The maximum absolute atomic E-state index is 5.69. The molecule has 1 aromatic carbocycles. The Labute approximate surface area is 107 Å². The van der Waals surface area contributed by atoms with Crippen LogP contribution in [-0.4, -0.2) is 37.3 Å². The summed E-state index contributed by atoms with van der Waals surface area (Å²) in [6.07, 6.45) is 0.256. The molecule has 4 nitrogen and oxygen atoms in total. The van der Waals surface area contributed by atoms with E-state index in [1.54, 1.807) is 0 Å². The van der Waals surface area contributed by atoms with E-state index in [0.29, 0.717) is 0 Å². The highest BCUT2D eigenvalue weighted by atomic mass is 16.5. The highest BCUT2D eigenvalue weighted by Crippen LogP contribution is 2.26. The third-order valence-corrected chi connectivity index (χ3v) is 3.40. The van der Waals surface area contributed by atoms with Crippen LogP contribution in [0, 0.1) is 6.92 Å². The number of anilines is 1. The summed E-state index contributed by atoms with van der Waals surface area (Å²) in [5, 5.41) is 8.10. The van der Waals surface area contributed by atoms with Crippen molar-refractivity contribution in [1.82, 2.24) is 10.3 Å². The molecule has 0 spiro atoms. The SMILES string of the molecule is Cc1[nH]c2ccccc2c1NCC1CNCCO1. The largest absolute Gasteiger partial charge is 0.380 e. The first kappa shape index (κ1) is 11.6. The number of para-hydroxylation sites is 1. The lowest BCUT2D eigenvalue weighted by Crippen LogP contribution is -2.42. The Morgan fingerprint density at radius 3 is 3.11 bits per heavy atom. The quantitative estimate of drug-likeness (QED) is 0.774. The van der Waals surface area contributed by atoms with Crippen LogP contribution in [0.15, 0.2) is 24.3 Å². The molecule has 1 unspecified atom stereocenters. The smallest absolute Gasteiger partial charge is 0.0872 e. The van der Waals surface area contributed by atoms with E-state index in [0.717, 1.165) is 26.2 Å². The number of ether oxygens (including phenoxy) is 1. The van der Waals surface area contributed by atoms with Crippen molar-refractivity contribution in [3.8, 4) is 0 Å². The predicted octanol–water partition coefficient (Wildman–Crippen LogP) is 1.88. The van der Waals surface area contributed by atoms with Crippen LogP contribution in [0.1, 0.15) is 5.69 Å². The van der Waals surface area contributed by atoms with E-state index in [1.165, 1.54) is 22.3 Å². The van der Waals surface area contributed by atoms with Crippen LogP contribution in [0.25, 0.3) is 10.9 Å². The van der Waals surface area contributed by atoms with Crippen molar-refractivity contribution in [3.05, 3.63) is 30.0 Å². The van der Waals surface area contributed by atoms with Gasteiger partial charge in [-0.3, -0.25) is 0 Å². The van der Waals surface area contributed by atoms with Crippen molar-refractivity contribution in [2.24, 2.45) is 0 Å². The molecular formula is C14H19N3O. The van der Waals surface area contributed by atoms with Gasteiger partial charge in [0.15, 0.2) is 0 Å². The summed E-state index contributed by atoms with van der Waals surface area (Å²) in [5.41, 5.74) is 3.56. The molecule has 2 heterocycles. The van der Waals surface area contributed by atoms with Gasteiger partial charge in [0.05, 0.1) is 18.4 Å². The molecule has 18 heavy (non-hydrogen) atoms. The average Bonchev–Trinajstić information content (AvgIpc) is 2.73. The van der Waals surface area contributed by atoms with Gasteiger partial charge in [-0.05, 0) is 13.0 Å². The molecule has 1 saturated heterocycles. The van der Waals surface area contributed by atoms with Crippen molar-refractivity contribution in [2.75, 3.05) is 31.6 Å². The van der Waals surface area contributed by atoms with Crippen LogP contribution < -0.4 is 10.6 Å². The van der Waals surface area contributed by atoms with Crippen molar-refractivity contribution in [1.29, 1.82) is 0 Å². The van der Waals surface area contributed by atoms with Gasteiger partial charge in [0, 0.05) is 36.2 Å². The first-order valence-corrected chi connectivity index (χ1v) is 6.48. The Balaban J connectivity index is 1.75. The minimum absolute atomic E-state index is 0.256. The predicted molar refractivity (Wildman–Crippen MR) is 74.1 cm³/mol. The Hall–Kier alpha value is -1.52. The molecule has 1 aliphatic rings. The van der Waals surface area contributed by atoms with Gasteiger partial charge in [-0.15, -0.1) is 0 Å². The number of benzene rings is 1. The third kappa shape index (κ3) is 2.21. The van der Waals surface area contributed by atoms with Crippen LogP contribution in [0.2, 0.25) is 0 Å². The first-order chi connectivity index (χ1) is 8.84. The van der Waals surface area contributed by atoms with Crippen LogP contribution in [-0.2, 0) is 4.74 Å². The number of hydrogen-bond acceptors (Lipinski definition) is 3. The van der Waals surface area contributed by atoms with Crippen LogP contribution in [0.3, 0.4) is 0 Å². The summed E-state index contributed by atoms with van der Waals surface area (Å²) in [5.74, 6) is 0. The Morgan fingerprint density at radius 2 is 2.28 bits per heavy atom. The number of rotatable bonds is 3. The molecule has 0 bridgehead atoms. The molecule has 2 aromatic rings. The molecule has 1 fully saturated rings. The van der Waals surface area contributed by atoms with Crippen molar-refractivity contribution in [2.45, 2.75) is 13.0 Å². The molecule has 96 valence electrons. The zero-order chi connectivity index (χ0) is 12.4. The van der Waals surface area contributed by atoms with Gasteiger partial charge in [-0.1, -0.05) is 18.2 Å². The van der Waals surface area contributed by atoms with Gasteiger partial charge in [-0.2, -0.15) is 0 Å². The third-order valence-electron chi connectivity index (χ3n) is 3.40. The minimum atomic E-state index is 0.256. The number of aryl methyl sites for hydroxylation is 1. The first-order valence-electron chi connectivity index (χ1n) is 6.48. The van der Waals surface area contributed by atoms with E-state index < -0.39 is 0 Å². The maximum Gasteiger partial charge on any atom is 0.0872 e. The fourth-order valence-corrected chi connectivity index (χ4v) is 2.47. The summed E-state index contributed by atoms with van der Waals surface area (Å²) >= 11 is 0. The summed E-state index contributed by atoms with van der Waals surface area (Å²) in [6, 6.07) is 8.36. The number of nitrogens with one attached hydrogen (secondary N) is 3. The standard InChI is InChI=1S/C14H19N3O/c1-10-14(12-4-2-3-5-13(12)17-10)16-9-11-8-15-6-7-18-11/h2-5,11,15-17H,6-9H2,1H3. The molecule has 0 aliphatic carbocycles. The van der Waals surface area contributed by atoms with E-state index in [9.17, 15) is 0 Å². The second-order valence-electron chi connectivity index (χ2n) is 4.75. The number of H-pyrrole nitrogens is 1. The highest BCUT2D eigenvalue weighted by molar-refractivity contribution is 5.94. The van der Waals surface area contributed by atoms with Crippen molar-refractivity contribution >= 4 is 16.6 Å². The lowest BCUT2D eigenvalue weighted by atomic mass is 10.2. The number of fused-ring (bicyclic) bond motifs is 1. The van der Waals surface area contributed by atoms with Gasteiger partial charge in [0.2, 0.25) is 0 Å². The van der Waals surface area contributed by atoms with Gasteiger partial charge in [0.25, 0.3) is 0 Å². The summed E-state index contributed by atoms with van der Waals surface area (Å²) in [7, 11) is 0. The molecule has 3 rings (SSSR count). The fourth-order valence-electron chi connectivity index (χ4n) is 2.47. The lowest BCUT2D eigenvalue weighted by molar-refractivity contribution is 0.0372. The maximum atomic E-state index is 5.69. The zero-order valence-corrected chi connectivity index (χ0v) is 10.6. The number of aromatic amines is 1. The summed E-state index contributed by atoms with van der Waals surface area (Å²) in [6.45, 7) is 5.63. The van der Waals surface area contributed by atoms with Gasteiger partial charge in [0.1, 0.15) is 0 Å². The second-order valence-corrected chi connectivity index (χ2v) is 4.75. The normalized spacial score (nSPS) is 20.2. The number of aromatic nitrogens is 1. The lowest BCUT2D eigenvalue weighted by Gasteiger charge is -2.24. The molecule has 0 amide bonds. The molecular weight excluding hydrogens is 226 g/mol. The Kier molecular flexibility index (Phi) is 3.21. The Bertz CT molecular complexity index is 529. The molecule has 0 radical (unpaired) electrons. The Morgan fingerprint density at radius 1 is 1.39 bits per heavy atom. The van der Waals surface area contributed by atoms with Crippen molar-refractivity contribution < 1.29 is 4.74 Å². The second kappa shape index (κ2) is 5.00. The fraction of sp³-hybridized carbons (Fsp3) is 0.429. The van der Waals surface area contributed by atoms with Crippen LogP contribution in [0.4, 0.5) is 5.69 Å². The van der Waals surface area contributed by atoms with E-state index >= 15 is 0 Å². The van der Waals surface area contributed by atoms with E-state index in [-0.39, 0.29) is 6.10 Å². The molecule has 3 N–H and O–H groups in total. The van der Waals surface area contributed by atoms with Crippen LogP contribution >= 0.6 is 0 Å². The number of morpholine rings is 1. The van der Waals surface area contributed by atoms with Crippen molar-refractivity contribution in [3.63, 3.8) is 0 Å². The zero-order valence-electron chi connectivity index (χ0n) is 10.6. The van der Waals surface area contributed by atoms with E-state index in [4.69, 9.17) is 4.74 Å². The number of hydrogen-bond donors (Lipinski definition) is 3. The minimum Gasteiger partial charge on any atom is -0.380 e. The topological polar surface area (TPSA) is 49.1 Å². The molecule has 0 saturated carbocycles. The monoisotopic (exact) mass is 245 g/mol. The van der Waals surface area contributed by atoms with Gasteiger partial charge >= 0.3 is 0 Å². The van der Waals surface area contributed by atoms with Gasteiger partial charge < -0.3 is 20.4 Å². The molecule has 4 heteroatoms. The molecule has 1 atom stereocenters. The molecule has 1 aliphatic heterocycles. The van der Waals surface area contributed by atoms with Crippen LogP contribution in [0.5, 0.6) is 0 Å². The summed E-state index contributed by atoms with van der Waals surface area (Å²) in [4.78, 5) is 3.40. The summed E-state index contributed by atoms with van der Waals surface area (Å²) < 4.78 is 5.69.